The monoisotopic (exact) mass is 540 g/mol. The molecule has 3 aliphatic rings. The Kier molecular flexibility index (Phi) is 12.4. The van der Waals surface area contributed by atoms with E-state index in [0.29, 0.717) is 0 Å². The molecule has 0 bridgehead atoms. The van der Waals surface area contributed by atoms with Gasteiger partial charge in [0.2, 0.25) is 5.79 Å². The van der Waals surface area contributed by atoms with Crippen molar-refractivity contribution in [2.75, 3.05) is 26.4 Å². The van der Waals surface area contributed by atoms with E-state index in [2.05, 4.69) is 0 Å². The van der Waals surface area contributed by atoms with Crippen LogP contribution < -0.4 is 0 Å². The normalized spacial score (nSPS) is 49.2. The van der Waals surface area contributed by atoms with Gasteiger partial charge in [0.15, 0.2) is 12.6 Å². The van der Waals surface area contributed by atoms with E-state index in [1.54, 1.807) is 0 Å². The molecule has 3 rings (SSSR count). The summed E-state index contributed by atoms with van der Waals surface area (Å²) in [6, 6.07) is 0. The number of hydrogen-bond donors (Lipinski definition) is 11. The molecule has 36 heavy (non-hydrogen) atoms. The average molecular weight is 540 g/mol. The van der Waals surface area contributed by atoms with Crippen molar-refractivity contribution in [3.63, 3.8) is 0 Å². The first-order valence-electron chi connectivity index (χ1n) is 10.6. The molecule has 216 valence electrons. The van der Waals surface area contributed by atoms with Crippen LogP contribution in [-0.2, 0) is 23.7 Å². The number of aliphatic hydroxyl groups is 11. The predicted molar refractivity (Wildman–Crippen MR) is 109 cm³/mol. The molecule has 0 aromatic heterocycles. The van der Waals surface area contributed by atoms with Crippen LogP contribution in [0.2, 0.25) is 0 Å². The Morgan fingerprint density at radius 1 is 0.556 bits per heavy atom. The highest BCUT2D eigenvalue weighted by atomic mass is 16.8. The topological polar surface area (TPSA) is 332 Å². The summed E-state index contributed by atoms with van der Waals surface area (Å²) in [5.41, 5.74) is 0. The summed E-state index contributed by atoms with van der Waals surface area (Å²) in [7, 11) is 0. The quantitative estimate of drug-likeness (QED) is 0.136. The Labute approximate surface area is 203 Å². The van der Waals surface area contributed by atoms with Crippen molar-refractivity contribution in [3.8, 4) is 0 Å². The first-order valence-corrected chi connectivity index (χ1v) is 10.6. The third-order valence-corrected chi connectivity index (χ3v) is 6.17. The van der Waals surface area contributed by atoms with Crippen molar-refractivity contribution in [3.05, 3.63) is 0 Å². The summed E-state index contributed by atoms with van der Waals surface area (Å²) in [5, 5.41) is 109. The molecule has 0 radical (unpaired) electrons. The van der Waals surface area contributed by atoms with Crippen LogP contribution in [0.5, 0.6) is 0 Å². The lowest BCUT2D eigenvalue weighted by Crippen LogP contribution is -2.64. The zero-order valence-electron chi connectivity index (χ0n) is 18.8. The molecule has 3 aliphatic heterocycles. The highest BCUT2D eigenvalue weighted by Gasteiger charge is 2.61. The van der Waals surface area contributed by atoms with Crippen molar-refractivity contribution in [1.29, 1.82) is 0 Å². The first-order chi connectivity index (χ1) is 16.0. The summed E-state index contributed by atoms with van der Waals surface area (Å²) in [6.07, 6.45) is -22.3. The molecular weight excluding hydrogens is 504 g/mol. The lowest BCUT2D eigenvalue weighted by molar-refractivity contribution is -0.400. The van der Waals surface area contributed by atoms with Gasteiger partial charge >= 0.3 is 0 Å². The summed E-state index contributed by atoms with van der Waals surface area (Å²) in [4.78, 5) is 0. The van der Waals surface area contributed by atoms with E-state index in [1.807, 2.05) is 0 Å². The molecule has 0 saturated carbocycles. The van der Waals surface area contributed by atoms with Gasteiger partial charge in [0.05, 0.1) is 19.8 Å². The number of aliphatic hydroxyl groups excluding tert-OH is 11. The van der Waals surface area contributed by atoms with E-state index in [-0.39, 0.29) is 11.0 Å². The van der Waals surface area contributed by atoms with Crippen LogP contribution in [0.4, 0.5) is 0 Å². The molecule has 3 saturated heterocycles. The molecule has 0 aromatic rings. The Balaban J connectivity index is 0.00000324. The lowest BCUT2D eigenvalue weighted by Gasteiger charge is -2.45. The van der Waals surface area contributed by atoms with Gasteiger partial charge in [-0.15, -0.1) is 0 Å². The SMILES string of the molecule is O.O.OCC1OC(OC2C(O)C(CO)OC2(CO)OC2OC(CO)C(O)C(O)C2O)C(O)C(O)C1O. The summed E-state index contributed by atoms with van der Waals surface area (Å²) < 4.78 is 27.0. The third-order valence-electron chi connectivity index (χ3n) is 6.17. The summed E-state index contributed by atoms with van der Waals surface area (Å²) in [6.45, 7) is -3.49. The smallest absolute Gasteiger partial charge is 0.224 e. The van der Waals surface area contributed by atoms with Gasteiger partial charge in [-0.25, -0.2) is 0 Å². The van der Waals surface area contributed by atoms with Crippen LogP contribution in [0.1, 0.15) is 0 Å². The zero-order chi connectivity index (χ0) is 25.4. The van der Waals surface area contributed by atoms with Crippen molar-refractivity contribution >= 4 is 0 Å². The van der Waals surface area contributed by atoms with Gasteiger partial charge in [0, 0.05) is 0 Å². The molecule has 0 aromatic carbocycles. The van der Waals surface area contributed by atoms with Gasteiger partial charge in [-0.05, 0) is 0 Å². The molecule has 15 N–H and O–H groups in total. The van der Waals surface area contributed by atoms with E-state index in [9.17, 15) is 56.2 Å². The van der Waals surface area contributed by atoms with Gasteiger partial charge < -0.3 is 90.8 Å². The van der Waals surface area contributed by atoms with Crippen LogP contribution in [0, 0.1) is 0 Å². The maximum absolute atomic E-state index is 10.6. The summed E-state index contributed by atoms with van der Waals surface area (Å²) >= 11 is 0. The average Bonchev–Trinajstić information content (AvgIpc) is 3.10. The second kappa shape index (κ2) is 13.4. The van der Waals surface area contributed by atoms with E-state index in [1.165, 1.54) is 0 Å². The molecule has 0 aliphatic carbocycles. The molecule has 3 heterocycles. The second-order valence-corrected chi connectivity index (χ2v) is 8.37. The number of rotatable bonds is 8. The van der Waals surface area contributed by atoms with E-state index >= 15 is 0 Å². The molecule has 14 atom stereocenters. The van der Waals surface area contributed by atoms with Gasteiger partial charge in [-0.1, -0.05) is 0 Å². The molecule has 18 nitrogen and oxygen atoms in total. The fraction of sp³-hybridized carbons (Fsp3) is 1.00. The van der Waals surface area contributed by atoms with E-state index < -0.39 is 112 Å². The minimum Gasteiger partial charge on any atom is -0.412 e. The number of hydrogen-bond acceptors (Lipinski definition) is 16. The van der Waals surface area contributed by atoms with E-state index in [0.717, 1.165) is 0 Å². The van der Waals surface area contributed by atoms with Crippen molar-refractivity contribution in [1.82, 2.24) is 0 Å². The van der Waals surface area contributed by atoms with Crippen molar-refractivity contribution < 1.29 is 90.8 Å². The van der Waals surface area contributed by atoms with Crippen molar-refractivity contribution in [2.45, 2.75) is 85.5 Å². The molecule has 0 amide bonds. The van der Waals surface area contributed by atoms with Gasteiger partial charge in [-0.2, -0.15) is 0 Å². The van der Waals surface area contributed by atoms with Gasteiger partial charge in [-0.3, -0.25) is 0 Å². The molecule has 0 spiro atoms. The van der Waals surface area contributed by atoms with Crippen LogP contribution >= 0.6 is 0 Å². The summed E-state index contributed by atoms with van der Waals surface area (Å²) in [5.74, 6) is -2.43. The largest absolute Gasteiger partial charge is 0.412 e. The lowest BCUT2D eigenvalue weighted by atomic mass is 9.98. The Bertz CT molecular complexity index is 654. The molecular formula is C18H36O18. The standard InChI is InChI=1S/C18H32O16.2H2O/c19-1-5-8(23)11(26)13(28)16(30-5)32-15-10(25)7(3-21)33-18(15,4-22)34-17-14(29)12(27)9(24)6(2-20)31-17;;/h5-17,19-29H,1-4H2;2*1H2. The minimum absolute atomic E-state index is 0. The third kappa shape index (κ3) is 5.96. The Morgan fingerprint density at radius 3 is 1.44 bits per heavy atom. The second-order valence-electron chi connectivity index (χ2n) is 8.37. The van der Waals surface area contributed by atoms with Crippen LogP contribution in [0.25, 0.3) is 0 Å². The van der Waals surface area contributed by atoms with E-state index in [4.69, 9.17) is 23.7 Å². The Hall–Kier alpha value is -0.720. The number of ether oxygens (including phenoxy) is 5. The molecule has 3 fully saturated rings. The predicted octanol–water partition coefficient (Wildman–Crippen LogP) is -9.22. The maximum Gasteiger partial charge on any atom is 0.224 e. The maximum atomic E-state index is 10.6. The van der Waals surface area contributed by atoms with Crippen LogP contribution in [0.3, 0.4) is 0 Å². The fourth-order valence-corrected chi connectivity index (χ4v) is 4.12. The van der Waals surface area contributed by atoms with Gasteiger partial charge in [0.25, 0.3) is 0 Å². The highest BCUT2D eigenvalue weighted by molar-refractivity contribution is 5.01. The van der Waals surface area contributed by atoms with Crippen LogP contribution in [0.15, 0.2) is 0 Å². The zero-order valence-corrected chi connectivity index (χ0v) is 18.8. The molecule has 18 heteroatoms. The minimum atomic E-state index is -2.43. The fourth-order valence-electron chi connectivity index (χ4n) is 4.12. The first kappa shape index (κ1) is 33.3. The highest BCUT2D eigenvalue weighted by Crippen LogP contribution is 2.39. The van der Waals surface area contributed by atoms with Gasteiger partial charge in [0.1, 0.15) is 73.8 Å². The van der Waals surface area contributed by atoms with Crippen LogP contribution in [-0.4, -0.2) is 179 Å². The molecule has 14 unspecified atom stereocenters. The Morgan fingerprint density at radius 2 is 1.00 bits per heavy atom. The van der Waals surface area contributed by atoms with Crippen molar-refractivity contribution in [2.24, 2.45) is 0 Å².